The first-order chi connectivity index (χ1) is 17.1. The number of hydrazone groups is 1. The Kier molecular flexibility index (Phi) is 6.31. The number of benzene rings is 4. The minimum Gasteiger partial charge on any atom is -0.378 e. The molecular formula is C30H28N4O. The molecule has 5 rings (SSSR count). The van der Waals surface area contributed by atoms with Crippen LogP contribution in [-0.2, 0) is 0 Å². The van der Waals surface area contributed by atoms with Gasteiger partial charge in [-0.25, -0.2) is 0 Å². The van der Waals surface area contributed by atoms with Gasteiger partial charge in [0.05, 0.1) is 17.4 Å². The fourth-order valence-electron chi connectivity index (χ4n) is 4.33. The summed E-state index contributed by atoms with van der Waals surface area (Å²) in [5.74, 6) is -0.124. The van der Waals surface area contributed by atoms with Gasteiger partial charge in [-0.15, -0.1) is 0 Å². The molecule has 35 heavy (non-hydrogen) atoms. The van der Waals surface area contributed by atoms with E-state index in [1.807, 2.05) is 80.8 Å². The molecule has 1 aliphatic heterocycles. The number of para-hydroxylation sites is 1. The lowest BCUT2D eigenvalue weighted by Crippen LogP contribution is -2.18. The summed E-state index contributed by atoms with van der Waals surface area (Å²) in [4.78, 5) is 14.7. The first kappa shape index (κ1) is 22.4. The largest absolute Gasteiger partial charge is 0.378 e. The molecule has 1 unspecified atom stereocenters. The zero-order chi connectivity index (χ0) is 24.2. The van der Waals surface area contributed by atoms with E-state index in [9.17, 15) is 4.79 Å². The van der Waals surface area contributed by atoms with Crippen molar-refractivity contribution in [2.45, 2.75) is 12.5 Å². The highest BCUT2D eigenvalue weighted by Crippen LogP contribution is 2.37. The monoisotopic (exact) mass is 460 g/mol. The van der Waals surface area contributed by atoms with E-state index in [0.29, 0.717) is 5.56 Å². The number of anilines is 3. The number of nitrogens with zero attached hydrogens (tertiary/aromatic N) is 3. The van der Waals surface area contributed by atoms with Gasteiger partial charge in [0.15, 0.2) is 0 Å². The Morgan fingerprint density at radius 1 is 0.857 bits per heavy atom. The highest BCUT2D eigenvalue weighted by atomic mass is 16.1. The topological polar surface area (TPSA) is 47.9 Å². The molecular weight excluding hydrogens is 432 g/mol. The molecule has 0 spiro atoms. The Morgan fingerprint density at radius 3 is 2.23 bits per heavy atom. The van der Waals surface area contributed by atoms with E-state index in [-0.39, 0.29) is 11.9 Å². The van der Waals surface area contributed by atoms with Crippen molar-refractivity contribution in [3.05, 3.63) is 126 Å². The van der Waals surface area contributed by atoms with Crippen LogP contribution < -0.4 is 15.2 Å². The molecule has 4 aromatic rings. The predicted molar refractivity (Wildman–Crippen MR) is 144 cm³/mol. The molecule has 0 fully saturated rings. The standard InChI is InChI=1S/C30H28N4O/c1-33(2)26-18-16-22(17-19-26)29-21-28(32-34(29)27-14-7-4-8-15-27)24-12-9-13-25(20-24)31-30(35)23-10-5-3-6-11-23/h3-20,29H,21H2,1-2H3,(H,31,35). The van der Waals surface area contributed by atoms with Crippen molar-refractivity contribution in [1.82, 2.24) is 0 Å². The van der Waals surface area contributed by atoms with Crippen molar-refractivity contribution >= 4 is 28.7 Å². The maximum Gasteiger partial charge on any atom is 0.255 e. The summed E-state index contributed by atoms with van der Waals surface area (Å²) in [7, 11) is 4.09. The van der Waals surface area contributed by atoms with Crippen molar-refractivity contribution in [2.75, 3.05) is 29.3 Å². The first-order valence-corrected chi connectivity index (χ1v) is 11.7. The minimum absolute atomic E-state index is 0.0891. The summed E-state index contributed by atoms with van der Waals surface area (Å²) in [6.07, 6.45) is 0.770. The maximum absolute atomic E-state index is 12.6. The van der Waals surface area contributed by atoms with Gasteiger partial charge in [-0.3, -0.25) is 9.80 Å². The lowest BCUT2D eigenvalue weighted by Gasteiger charge is -2.24. The average Bonchev–Trinajstić information content (AvgIpc) is 3.36. The second-order valence-corrected chi connectivity index (χ2v) is 8.83. The van der Waals surface area contributed by atoms with Gasteiger partial charge in [0.25, 0.3) is 5.91 Å². The van der Waals surface area contributed by atoms with Crippen LogP contribution in [0.25, 0.3) is 0 Å². The number of hydrogen-bond donors (Lipinski definition) is 1. The van der Waals surface area contributed by atoms with Crippen LogP contribution in [0.1, 0.15) is 33.9 Å². The molecule has 1 aliphatic rings. The van der Waals surface area contributed by atoms with E-state index < -0.39 is 0 Å². The van der Waals surface area contributed by atoms with Crippen LogP contribution in [-0.4, -0.2) is 25.7 Å². The average molecular weight is 461 g/mol. The predicted octanol–water partition coefficient (Wildman–Crippen LogP) is 6.36. The van der Waals surface area contributed by atoms with Crippen LogP contribution >= 0.6 is 0 Å². The van der Waals surface area contributed by atoms with Crippen LogP contribution in [0.5, 0.6) is 0 Å². The lowest BCUT2D eigenvalue weighted by molar-refractivity contribution is 0.102. The Balaban J connectivity index is 1.43. The number of carbonyl (C=O) groups is 1. The third-order valence-electron chi connectivity index (χ3n) is 6.22. The van der Waals surface area contributed by atoms with Crippen molar-refractivity contribution < 1.29 is 4.79 Å². The van der Waals surface area contributed by atoms with Gasteiger partial charge in [-0.05, 0) is 59.7 Å². The maximum atomic E-state index is 12.6. The van der Waals surface area contributed by atoms with Gasteiger partial charge in [0, 0.05) is 37.5 Å². The van der Waals surface area contributed by atoms with E-state index >= 15 is 0 Å². The summed E-state index contributed by atoms with van der Waals surface area (Å²) in [5, 5.41) is 10.2. The van der Waals surface area contributed by atoms with Gasteiger partial charge in [-0.2, -0.15) is 5.10 Å². The van der Waals surface area contributed by atoms with Crippen LogP contribution in [0.15, 0.2) is 114 Å². The molecule has 1 N–H and O–H groups in total. The lowest BCUT2D eigenvalue weighted by atomic mass is 9.97. The Hall–Kier alpha value is -4.38. The van der Waals surface area contributed by atoms with Crippen molar-refractivity contribution in [3.8, 4) is 0 Å². The number of rotatable bonds is 6. The zero-order valence-corrected chi connectivity index (χ0v) is 19.9. The summed E-state index contributed by atoms with van der Waals surface area (Å²) in [6.45, 7) is 0. The molecule has 1 atom stereocenters. The summed E-state index contributed by atoms with van der Waals surface area (Å²) in [6, 6.07) is 36.2. The Labute approximate surface area is 206 Å². The molecule has 1 amide bonds. The third-order valence-corrected chi connectivity index (χ3v) is 6.22. The second kappa shape index (κ2) is 9.85. The van der Waals surface area contributed by atoms with Crippen LogP contribution in [0.3, 0.4) is 0 Å². The SMILES string of the molecule is CN(C)c1ccc(C2CC(c3cccc(NC(=O)c4ccccc4)c3)=NN2c2ccccc2)cc1. The molecule has 0 saturated heterocycles. The van der Waals surface area contributed by atoms with Crippen molar-refractivity contribution in [3.63, 3.8) is 0 Å². The molecule has 0 saturated carbocycles. The van der Waals surface area contributed by atoms with Gasteiger partial charge in [0.2, 0.25) is 0 Å². The van der Waals surface area contributed by atoms with Gasteiger partial charge < -0.3 is 10.2 Å². The molecule has 0 bridgehead atoms. The Morgan fingerprint density at radius 2 is 1.54 bits per heavy atom. The highest BCUT2D eigenvalue weighted by Gasteiger charge is 2.30. The second-order valence-electron chi connectivity index (χ2n) is 8.83. The fraction of sp³-hybridized carbons (Fsp3) is 0.133. The van der Waals surface area contributed by atoms with Gasteiger partial charge >= 0.3 is 0 Å². The normalized spacial score (nSPS) is 15.0. The highest BCUT2D eigenvalue weighted by molar-refractivity contribution is 6.07. The molecule has 0 radical (unpaired) electrons. The quantitative estimate of drug-likeness (QED) is 0.364. The molecule has 0 aliphatic carbocycles. The molecule has 5 nitrogen and oxygen atoms in total. The number of nitrogens with one attached hydrogen (secondary N) is 1. The molecule has 4 aromatic carbocycles. The minimum atomic E-state index is -0.124. The smallest absolute Gasteiger partial charge is 0.255 e. The number of hydrogen-bond acceptors (Lipinski definition) is 4. The van der Waals surface area contributed by atoms with E-state index in [0.717, 1.165) is 29.1 Å². The van der Waals surface area contributed by atoms with Gasteiger partial charge in [-0.1, -0.05) is 60.7 Å². The fourth-order valence-corrected chi connectivity index (χ4v) is 4.33. The van der Waals surface area contributed by atoms with Crippen LogP contribution in [0.4, 0.5) is 17.1 Å². The Bertz CT molecular complexity index is 1330. The molecule has 5 heteroatoms. The summed E-state index contributed by atoms with van der Waals surface area (Å²) in [5.41, 5.74) is 6.82. The summed E-state index contributed by atoms with van der Waals surface area (Å²) < 4.78 is 0. The van der Waals surface area contributed by atoms with Gasteiger partial charge in [0.1, 0.15) is 0 Å². The van der Waals surface area contributed by atoms with Crippen LogP contribution in [0, 0.1) is 0 Å². The third kappa shape index (κ3) is 4.94. The zero-order valence-electron chi connectivity index (χ0n) is 19.9. The molecule has 0 aromatic heterocycles. The van der Waals surface area contributed by atoms with Crippen molar-refractivity contribution in [2.24, 2.45) is 5.10 Å². The first-order valence-electron chi connectivity index (χ1n) is 11.7. The molecule has 174 valence electrons. The van der Waals surface area contributed by atoms with E-state index in [1.54, 1.807) is 0 Å². The van der Waals surface area contributed by atoms with E-state index in [4.69, 9.17) is 5.10 Å². The van der Waals surface area contributed by atoms with Crippen LogP contribution in [0.2, 0.25) is 0 Å². The number of carbonyl (C=O) groups excluding carboxylic acids is 1. The van der Waals surface area contributed by atoms with E-state index in [2.05, 4.69) is 57.7 Å². The summed E-state index contributed by atoms with van der Waals surface area (Å²) >= 11 is 0. The number of amides is 1. The van der Waals surface area contributed by atoms with Crippen molar-refractivity contribution in [1.29, 1.82) is 0 Å². The van der Waals surface area contributed by atoms with E-state index in [1.165, 1.54) is 11.3 Å². The molecule has 1 heterocycles.